The number of carbonyl (C=O) groups excluding carboxylic acids is 4. The lowest BCUT2D eigenvalue weighted by Crippen LogP contribution is -2.44. The highest BCUT2D eigenvalue weighted by molar-refractivity contribution is 7.89. The summed E-state index contributed by atoms with van der Waals surface area (Å²) in [4.78, 5) is 51.3. The number of hydrogen-bond acceptors (Lipinski definition) is 12. The molecule has 1 saturated heterocycles. The van der Waals surface area contributed by atoms with Gasteiger partial charge < -0.3 is 23.7 Å². The summed E-state index contributed by atoms with van der Waals surface area (Å²) in [7, 11) is -8.85. The highest BCUT2D eigenvalue weighted by Crippen LogP contribution is 2.52. The van der Waals surface area contributed by atoms with Crippen LogP contribution >= 0.6 is 19.2 Å². The summed E-state index contributed by atoms with van der Waals surface area (Å²) in [5, 5.41) is 0.0279. The lowest BCUT2D eigenvalue weighted by Gasteiger charge is -2.30. The Kier molecular flexibility index (Phi) is 16.0. The molecule has 0 spiro atoms. The van der Waals surface area contributed by atoms with Gasteiger partial charge in [-0.2, -0.15) is 0 Å². The number of Topliss-reactive ketones (excluding diaryl/α,β-unsaturated/α-hetero) is 1. The number of hydrogen-bond donors (Lipinski definition) is 1. The number of aromatic nitrogens is 1. The molecule has 0 aliphatic carbocycles. The van der Waals surface area contributed by atoms with Crippen molar-refractivity contribution in [2.75, 3.05) is 19.4 Å². The maximum absolute atomic E-state index is 14.8. The minimum atomic E-state index is -4.43. The second kappa shape index (κ2) is 19.9. The lowest BCUT2D eigenvalue weighted by molar-refractivity contribution is -0.179. The van der Waals surface area contributed by atoms with Crippen molar-refractivity contribution >= 4 is 63.8 Å². The number of ether oxygens (including phenoxy) is 3. The molecule has 320 valence electrons. The van der Waals surface area contributed by atoms with Crippen molar-refractivity contribution in [2.24, 2.45) is 11.8 Å². The fourth-order valence-corrected chi connectivity index (χ4v) is 8.97. The number of ketones is 1. The molecule has 58 heavy (non-hydrogen) atoms. The summed E-state index contributed by atoms with van der Waals surface area (Å²) in [6, 6.07) is 7.06. The molecule has 1 aliphatic heterocycles. The molecular weight excluding hydrogens is 827 g/mol. The van der Waals surface area contributed by atoms with Gasteiger partial charge in [-0.05, 0) is 31.2 Å². The molecule has 0 radical (unpaired) electrons. The van der Waals surface area contributed by atoms with Crippen LogP contribution in [0.2, 0.25) is 5.02 Å². The van der Waals surface area contributed by atoms with Crippen LogP contribution in [-0.2, 0) is 54.0 Å². The molecule has 1 aromatic heterocycles. The van der Waals surface area contributed by atoms with Crippen LogP contribution in [0.1, 0.15) is 78.1 Å². The molecule has 3 aromatic rings. The minimum Gasteiger partial charge on any atom is -0.481 e. The molecule has 2 aromatic carbocycles. The number of nitrogens with zero attached hydrogens (tertiary/aromatic N) is 2. The lowest BCUT2D eigenvalue weighted by atomic mass is 10.1. The Balaban J connectivity index is 1.61. The van der Waals surface area contributed by atoms with Crippen LogP contribution in [0.5, 0.6) is 5.75 Å². The highest BCUT2D eigenvalue weighted by Gasteiger charge is 2.39. The van der Waals surface area contributed by atoms with Crippen LogP contribution in [-0.4, -0.2) is 85.7 Å². The molecule has 2 heterocycles. The van der Waals surface area contributed by atoms with E-state index >= 15 is 0 Å². The van der Waals surface area contributed by atoms with Crippen molar-refractivity contribution in [2.45, 2.75) is 104 Å². The number of alkyl halides is 1. The second-order valence-electron chi connectivity index (χ2n) is 14.3. The first-order valence-corrected chi connectivity index (χ1v) is 22.3. The van der Waals surface area contributed by atoms with Gasteiger partial charge in [-0.25, -0.2) is 21.9 Å². The van der Waals surface area contributed by atoms with Gasteiger partial charge in [0.1, 0.15) is 23.4 Å². The predicted molar refractivity (Wildman–Crippen MR) is 209 cm³/mol. The van der Waals surface area contributed by atoms with Crippen molar-refractivity contribution in [3.05, 3.63) is 59.0 Å². The summed E-state index contributed by atoms with van der Waals surface area (Å²) in [6.07, 6.45) is -3.60. The summed E-state index contributed by atoms with van der Waals surface area (Å²) in [5.74, 6) is -4.22. The number of amides is 1. The van der Waals surface area contributed by atoms with Crippen LogP contribution in [0.3, 0.4) is 0 Å². The molecule has 20 heteroatoms. The standard InChI is InChI=1S/C38H49ClF2N3O12PS/c1-8-34(47)53-37(22(3)4)55-57(49,56-38(23(5)6)54-35(48)9-2)21-52-27-13-14-28-29(24(7)45)19-43(31(28)16-27)20-33(46)44-18-25(40)15-26(44)17-42-58(50,51)32-12-10-11-30(39)36(32)41/h10-14,16,19,22-23,25-26,37-38,42H,8-9,15,17-18,20-21H2,1-7H3/t25-,26+,37?,38?,57?/m1/s1. The number of rotatable bonds is 20. The van der Waals surface area contributed by atoms with Crippen LogP contribution in [0.4, 0.5) is 8.78 Å². The smallest absolute Gasteiger partial charge is 0.373 e. The van der Waals surface area contributed by atoms with E-state index in [4.69, 9.17) is 34.9 Å². The number of fused-ring (bicyclic) bond motifs is 1. The third-order valence-corrected chi connectivity index (χ3v) is 12.3. The summed E-state index contributed by atoms with van der Waals surface area (Å²) in [5.41, 5.74) is 0.575. The Morgan fingerprint density at radius 1 is 0.983 bits per heavy atom. The van der Waals surface area contributed by atoms with Crippen LogP contribution in [0, 0.1) is 17.7 Å². The largest absolute Gasteiger partial charge is 0.481 e. The molecule has 0 saturated carbocycles. The van der Waals surface area contributed by atoms with E-state index < -0.39 is 107 Å². The average molecular weight is 876 g/mol. The quantitative estimate of drug-likeness (QED) is 0.0532. The Bertz CT molecular complexity index is 2110. The number of nitrogens with one attached hydrogen (secondary N) is 1. The van der Waals surface area contributed by atoms with E-state index in [0.29, 0.717) is 10.9 Å². The Morgan fingerprint density at radius 2 is 1.59 bits per heavy atom. The van der Waals surface area contributed by atoms with Gasteiger partial charge in [-0.15, -0.1) is 0 Å². The summed E-state index contributed by atoms with van der Waals surface area (Å²) in [6.45, 7) is 10.0. The summed E-state index contributed by atoms with van der Waals surface area (Å²) < 4.78 is 102. The van der Waals surface area contributed by atoms with Gasteiger partial charge in [0.2, 0.25) is 28.5 Å². The molecule has 1 fully saturated rings. The maximum atomic E-state index is 14.8. The summed E-state index contributed by atoms with van der Waals surface area (Å²) >= 11 is 5.76. The van der Waals surface area contributed by atoms with Crippen molar-refractivity contribution in [3.8, 4) is 5.75 Å². The van der Waals surface area contributed by atoms with Gasteiger partial charge >= 0.3 is 19.5 Å². The van der Waals surface area contributed by atoms with Gasteiger partial charge in [0, 0.05) is 66.9 Å². The third kappa shape index (κ3) is 11.8. The number of likely N-dealkylation sites (tertiary alicyclic amines) is 1. The molecule has 1 N–H and O–H groups in total. The van der Waals surface area contributed by atoms with Crippen molar-refractivity contribution < 1.29 is 64.2 Å². The monoisotopic (exact) mass is 875 g/mol. The number of benzene rings is 2. The van der Waals surface area contributed by atoms with E-state index in [0.717, 1.165) is 6.07 Å². The van der Waals surface area contributed by atoms with Crippen molar-refractivity contribution in [3.63, 3.8) is 0 Å². The van der Waals surface area contributed by atoms with Gasteiger partial charge in [-0.1, -0.05) is 59.2 Å². The van der Waals surface area contributed by atoms with E-state index in [1.54, 1.807) is 47.6 Å². The Hall–Kier alpha value is -3.93. The first-order valence-electron chi connectivity index (χ1n) is 18.7. The van der Waals surface area contributed by atoms with Gasteiger partial charge in [0.15, 0.2) is 17.9 Å². The molecular formula is C38H49ClF2N3O12PS. The predicted octanol–water partition coefficient (Wildman–Crippen LogP) is 6.99. The zero-order valence-corrected chi connectivity index (χ0v) is 35.7. The van der Waals surface area contributed by atoms with Crippen LogP contribution in [0.15, 0.2) is 47.5 Å². The van der Waals surface area contributed by atoms with Crippen LogP contribution in [0.25, 0.3) is 10.9 Å². The van der Waals surface area contributed by atoms with E-state index in [-0.39, 0.29) is 42.9 Å². The fourth-order valence-electron chi connectivity index (χ4n) is 5.88. The highest BCUT2D eigenvalue weighted by atomic mass is 35.5. The zero-order valence-electron chi connectivity index (χ0n) is 33.2. The molecule has 4 rings (SSSR count). The first-order chi connectivity index (χ1) is 27.2. The van der Waals surface area contributed by atoms with Crippen LogP contribution < -0.4 is 9.46 Å². The van der Waals surface area contributed by atoms with E-state index in [1.807, 2.05) is 0 Å². The normalized spacial score (nSPS) is 18.0. The van der Waals surface area contributed by atoms with E-state index in [1.165, 1.54) is 46.9 Å². The van der Waals surface area contributed by atoms with E-state index in [9.17, 15) is 40.9 Å². The number of carbonyl (C=O) groups is 4. The van der Waals surface area contributed by atoms with Gasteiger partial charge in [-0.3, -0.25) is 32.8 Å². The third-order valence-electron chi connectivity index (χ3n) is 9.02. The molecule has 4 atom stereocenters. The molecule has 15 nitrogen and oxygen atoms in total. The maximum Gasteiger partial charge on any atom is 0.373 e. The zero-order chi connectivity index (χ0) is 43.1. The van der Waals surface area contributed by atoms with E-state index in [2.05, 4.69) is 4.72 Å². The van der Waals surface area contributed by atoms with Crippen molar-refractivity contribution in [1.29, 1.82) is 0 Å². The molecule has 0 bridgehead atoms. The number of halogens is 3. The molecule has 2 unspecified atom stereocenters. The van der Waals surface area contributed by atoms with Crippen molar-refractivity contribution in [1.82, 2.24) is 14.2 Å². The minimum absolute atomic E-state index is 0.0121. The topological polar surface area (TPSA) is 186 Å². The first kappa shape index (κ1) is 46.8. The SMILES string of the molecule is CCC(=O)OC(OP(=O)(COc1ccc2c(C(C)=O)cn(CC(=O)N3C[C@H](F)C[C@H]3CNS(=O)(=O)c3cccc(Cl)c3F)c2c1)OC(OC(=O)CC)C(C)C)C(C)C. The second-order valence-corrected chi connectivity index (χ2v) is 18.4. The molecule has 1 aliphatic rings. The average Bonchev–Trinajstić information content (AvgIpc) is 3.73. The Labute approximate surface area is 341 Å². The van der Waals surface area contributed by atoms with Gasteiger partial charge in [0.05, 0.1) is 17.1 Å². The Morgan fingerprint density at radius 3 is 2.14 bits per heavy atom. The fraction of sp³-hybridized carbons (Fsp3) is 0.526. The van der Waals surface area contributed by atoms with Gasteiger partial charge in [0.25, 0.3) is 0 Å². The number of esters is 2. The number of sulfonamides is 1. The molecule has 1 amide bonds.